The van der Waals surface area contributed by atoms with E-state index in [1.54, 1.807) is 28.6 Å². The van der Waals surface area contributed by atoms with E-state index in [9.17, 15) is 18.0 Å². The molecule has 2 aliphatic rings. The van der Waals surface area contributed by atoms with E-state index in [1.165, 1.54) is 18.4 Å². The standard InChI is InChI=1S/C23H28N2O5S2/c1-30-23(27)20-18-7-3-4-8-19(18)31-22(20)24-21(26)17-11-9-16(10-12-17)15-32(28,29)25-13-5-2-6-14-25/h9-12H,2-8,13-15H2,1H3,(H,24,26). The number of nitrogens with zero attached hydrogens (tertiary/aromatic N) is 1. The number of piperidine rings is 1. The fraction of sp³-hybridized carbons (Fsp3) is 0.478. The van der Waals surface area contributed by atoms with Crippen molar-refractivity contribution in [2.75, 3.05) is 25.5 Å². The van der Waals surface area contributed by atoms with E-state index in [1.807, 2.05) is 0 Å². The molecule has 1 aromatic heterocycles. The lowest BCUT2D eigenvalue weighted by Gasteiger charge is -2.25. The first-order valence-electron chi connectivity index (χ1n) is 11.0. The SMILES string of the molecule is COC(=O)c1c(NC(=O)c2ccc(CS(=O)(=O)N3CCCCC3)cc2)sc2c1CCCC2. The molecule has 0 unspecified atom stereocenters. The van der Waals surface area contributed by atoms with Gasteiger partial charge in [0, 0.05) is 23.5 Å². The van der Waals surface area contributed by atoms with Crippen molar-refractivity contribution in [2.24, 2.45) is 0 Å². The molecular formula is C23H28N2O5S2. The average molecular weight is 477 g/mol. The average Bonchev–Trinajstić information content (AvgIpc) is 3.17. The zero-order valence-electron chi connectivity index (χ0n) is 18.2. The van der Waals surface area contributed by atoms with Crippen LogP contribution >= 0.6 is 11.3 Å². The third kappa shape index (κ3) is 4.89. The maximum Gasteiger partial charge on any atom is 0.341 e. The molecule has 0 spiro atoms. The van der Waals surface area contributed by atoms with E-state index in [0.29, 0.717) is 34.8 Å². The van der Waals surface area contributed by atoms with E-state index in [-0.39, 0.29) is 11.7 Å². The Labute approximate surface area is 192 Å². The highest BCUT2D eigenvalue weighted by molar-refractivity contribution is 7.88. The summed E-state index contributed by atoms with van der Waals surface area (Å²) in [5.41, 5.74) is 2.51. The number of hydrogen-bond donors (Lipinski definition) is 1. The highest BCUT2D eigenvalue weighted by Crippen LogP contribution is 2.38. The molecule has 1 amide bonds. The normalized spacial score (nSPS) is 16.9. The van der Waals surface area contributed by atoms with Crippen LogP contribution in [0.1, 0.15) is 68.8 Å². The molecule has 0 radical (unpaired) electrons. The number of ether oxygens (including phenoxy) is 1. The molecule has 0 saturated carbocycles. The molecule has 1 saturated heterocycles. The Morgan fingerprint density at radius 1 is 1.03 bits per heavy atom. The van der Waals surface area contributed by atoms with Crippen molar-refractivity contribution in [3.05, 3.63) is 51.4 Å². The van der Waals surface area contributed by atoms with Crippen LogP contribution < -0.4 is 5.32 Å². The van der Waals surface area contributed by atoms with E-state index in [0.717, 1.165) is 55.4 Å². The summed E-state index contributed by atoms with van der Waals surface area (Å²) in [6.45, 7) is 1.16. The van der Waals surface area contributed by atoms with Crippen LogP contribution in [0.2, 0.25) is 0 Å². The summed E-state index contributed by atoms with van der Waals surface area (Å²) in [6, 6.07) is 6.61. The van der Waals surface area contributed by atoms with Gasteiger partial charge in [-0.05, 0) is 61.8 Å². The van der Waals surface area contributed by atoms with Crippen LogP contribution in [-0.2, 0) is 33.4 Å². The molecule has 0 atom stereocenters. The first-order chi connectivity index (χ1) is 15.4. The molecule has 2 aromatic rings. The van der Waals surface area contributed by atoms with Gasteiger partial charge in [0.1, 0.15) is 5.00 Å². The largest absolute Gasteiger partial charge is 0.465 e. The maximum absolute atomic E-state index is 12.9. The summed E-state index contributed by atoms with van der Waals surface area (Å²) < 4.78 is 31.8. The third-order valence-electron chi connectivity index (χ3n) is 6.06. The molecule has 32 heavy (non-hydrogen) atoms. The molecule has 1 aliphatic carbocycles. The maximum atomic E-state index is 12.9. The molecule has 172 valence electrons. The number of carbonyl (C=O) groups excluding carboxylic acids is 2. The fourth-order valence-electron chi connectivity index (χ4n) is 4.34. The Morgan fingerprint density at radius 2 is 1.72 bits per heavy atom. The lowest BCUT2D eigenvalue weighted by atomic mass is 9.95. The molecule has 4 rings (SSSR count). The van der Waals surface area contributed by atoms with E-state index < -0.39 is 16.0 Å². The van der Waals surface area contributed by atoms with Crippen LogP contribution in [0.15, 0.2) is 24.3 Å². The number of hydrogen-bond acceptors (Lipinski definition) is 6. The Morgan fingerprint density at radius 3 is 2.41 bits per heavy atom. The first-order valence-corrected chi connectivity index (χ1v) is 13.4. The van der Waals surface area contributed by atoms with Crippen molar-refractivity contribution in [3.8, 4) is 0 Å². The topological polar surface area (TPSA) is 92.8 Å². The molecule has 1 aromatic carbocycles. The molecule has 9 heteroatoms. The number of esters is 1. The minimum atomic E-state index is -3.36. The summed E-state index contributed by atoms with van der Waals surface area (Å²) in [5.74, 6) is -0.837. The number of fused-ring (bicyclic) bond motifs is 1. The molecule has 2 heterocycles. The number of anilines is 1. The number of methoxy groups -OCH3 is 1. The predicted octanol–water partition coefficient (Wildman–Crippen LogP) is 3.98. The van der Waals surface area contributed by atoms with Crippen molar-refractivity contribution in [2.45, 2.75) is 50.7 Å². The summed E-state index contributed by atoms with van der Waals surface area (Å²) in [5, 5.41) is 3.39. The molecular weight excluding hydrogens is 448 g/mol. The first kappa shape index (κ1) is 22.9. The second-order valence-corrected chi connectivity index (χ2v) is 11.3. The van der Waals surface area contributed by atoms with E-state index in [4.69, 9.17) is 4.74 Å². The van der Waals surface area contributed by atoms with Crippen LogP contribution in [-0.4, -0.2) is 44.8 Å². The predicted molar refractivity (Wildman–Crippen MR) is 125 cm³/mol. The van der Waals surface area contributed by atoms with Gasteiger partial charge in [0.05, 0.1) is 18.4 Å². The number of amides is 1. The minimum Gasteiger partial charge on any atom is -0.465 e. The van der Waals surface area contributed by atoms with Crippen LogP contribution in [0.25, 0.3) is 0 Å². The summed E-state index contributed by atoms with van der Waals surface area (Å²) in [7, 11) is -2.01. The van der Waals surface area contributed by atoms with Gasteiger partial charge in [-0.3, -0.25) is 4.79 Å². The Bertz CT molecular complexity index is 1100. The highest BCUT2D eigenvalue weighted by Gasteiger charge is 2.27. The number of sulfonamides is 1. The zero-order valence-corrected chi connectivity index (χ0v) is 19.8. The van der Waals surface area contributed by atoms with Gasteiger partial charge in [0.2, 0.25) is 10.0 Å². The number of nitrogens with one attached hydrogen (secondary N) is 1. The van der Waals surface area contributed by atoms with Crippen molar-refractivity contribution in [1.29, 1.82) is 0 Å². The summed E-state index contributed by atoms with van der Waals surface area (Å²) in [4.78, 5) is 26.3. The van der Waals surface area contributed by atoms with Gasteiger partial charge >= 0.3 is 5.97 Å². The molecule has 1 fully saturated rings. The number of carbonyl (C=O) groups is 2. The zero-order chi connectivity index (χ0) is 22.7. The summed E-state index contributed by atoms with van der Waals surface area (Å²) in [6.07, 6.45) is 6.68. The van der Waals surface area contributed by atoms with Crippen molar-refractivity contribution < 1.29 is 22.7 Å². The Balaban J connectivity index is 1.48. The number of aryl methyl sites for hydroxylation is 1. The Kier molecular flexibility index (Phi) is 6.97. The van der Waals surface area contributed by atoms with Gasteiger partial charge in [-0.1, -0.05) is 18.6 Å². The molecule has 0 bridgehead atoms. The van der Waals surface area contributed by atoms with Gasteiger partial charge < -0.3 is 10.1 Å². The van der Waals surface area contributed by atoms with Gasteiger partial charge in [-0.2, -0.15) is 0 Å². The van der Waals surface area contributed by atoms with Gasteiger partial charge in [-0.15, -0.1) is 11.3 Å². The van der Waals surface area contributed by atoms with E-state index >= 15 is 0 Å². The quantitative estimate of drug-likeness (QED) is 0.637. The van der Waals surface area contributed by atoms with Crippen LogP contribution in [0.4, 0.5) is 5.00 Å². The number of rotatable bonds is 6. The monoisotopic (exact) mass is 476 g/mol. The molecule has 7 nitrogen and oxygen atoms in total. The van der Waals surface area contributed by atoms with Crippen LogP contribution in [0, 0.1) is 0 Å². The molecule has 1 aliphatic heterocycles. The van der Waals surface area contributed by atoms with Gasteiger partial charge in [0.15, 0.2) is 0 Å². The van der Waals surface area contributed by atoms with Gasteiger partial charge in [0.25, 0.3) is 5.91 Å². The number of benzene rings is 1. The van der Waals surface area contributed by atoms with Crippen molar-refractivity contribution in [1.82, 2.24) is 4.31 Å². The molecule has 1 N–H and O–H groups in total. The third-order valence-corrected chi connectivity index (χ3v) is 9.12. The summed E-state index contributed by atoms with van der Waals surface area (Å²) >= 11 is 1.44. The van der Waals surface area contributed by atoms with Crippen LogP contribution in [0.5, 0.6) is 0 Å². The number of thiophene rings is 1. The lowest BCUT2D eigenvalue weighted by Crippen LogP contribution is -2.36. The fourth-order valence-corrected chi connectivity index (χ4v) is 7.23. The minimum absolute atomic E-state index is 0.0704. The van der Waals surface area contributed by atoms with Crippen LogP contribution in [0.3, 0.4) is 0 Å². The second-order valence-electron chi connectivity index (χ2n) is 8.27. The Hall–Kier alpha value is -2.23. The second kappa shape index (κ2) is 9.72. The highest BCUT2D eigenvalue weighted by atomic mass is 32.2. The van der Waals surface area contributed by atoms with E-state index in [2.05, 4.69) is 5.32 Å². The van der Waals surface area contributed by atoms with Gasteiger partial charge in [-0.25, -0.2) is 17.5 Å². The smallest absolute Gasteiger partial charge is 0.341 e. The van der Waals surface area contributed by atoms with Crippen molar-refractivity contribution >= 4 is 38.2 Å². The van der Waals surface area contributed by atoms with Crippen molar-refractivity contribution in [3.63, 3.8) is 0 Å². The lowest BCUT2D eigenvalue weighted by molar-refractivity contribution is 0.0601.